The smallest absolute Gasteiger partial charge is 0.326 e. The lowest BCUT2D eigenvalue weighted by Crippen LogP contribution is -2.40. The molecule has 1 amide bonds. The van der Waals surface area contributed by atoms with Gasteiger partial charge in [0.1, 0.15) is 5.69 Å². The van der Waals surface area contributed by atoms with Gasteiger partial charge in [-0.05, 0) is 38.8 Å². The van der Waals surface area contributed by atoms with Gasteiger partial charge in [0.2, 0.25) is 0 Å². The molecular weight excluding hydrogens is 260 g/mol. The maximum absolute atomic E-state index is 12.3. The van der Waals surface area contributed by atoms with Gasteiger partial charge in [-0.1, -0.05) is 0 Å². The third-order valence-corrected chi connectivity index (χ3v) is 3.60. The molecule has 0 radical (unpaired) electrons. The first-order valence-corrected chi connectivity index (χ1v) is 6.93. The van der Waals surface area contributed by atoms with E-state index in [0.29, 0.717) is 19.0 Å². The molecule has 7 nitrogen and oxygen atoms in total. The summed E-state index contributed by atoms with van der Waals surface area (Å²) >= 11 is 0. The number of aromatic nitrogens is 2. The highest BCUT2D eigenvalue weighted by atomic mass is 16.2. The molecule has 7 heteroatoms. The Bertz CT molecular complexity index is 543. The number of hydrogen-bond donors (Lipinski definition) is 3. The standard InChI is InChI=1S/C13H20N4O3/c1-2-17(8-9-3-5-14-6-4-9)12(19)10-7-11(18)16-13(20)15-10/h7,9,14H,2-6,8H2,1H3,(H2,15,16,18,20). The number of H-pyrrole nitrogens is 2. The Morgan fingerprint density at radius 3 is 2.60 bits per heavy atom. The summed E-state index contributed by atoms with van der Waals surface area (Å²) in [6.07, 6.45) is 2.07. The molecule has 0 aliphatic carbocycles. The van der Waals surface area contributed by atoms with E-state index in [1.807, 2.05) is 6.92 Å². The predicted octanol–water partition coefficient (Wildman–Crippen LogP) is -0.475. The third kappa shape index (κ3) is 3.57. The average Bonchev–Trinajstić information content (AvgIpc) is 2.44. The number of piperidine rings is 1. The SMILES string of the molecule is CCN(CC1CCNCC1)C(=O)c1cc(=O)[nH]c(=O)[nH]1. The van der Waals surface area contributed by atoms with Crippen molar-refractivity contribution >= 4 is 5.91 Å². The second kappa shape index (κ2) is 6.51. The molecule has 2 heterocycles. The van der Waals surface area contributed by atoms with E-state index in [9.17, 15) is 14.4 Å². The van der Waals surface area contributed by atoms with Gasteiger partial charge in [0.05, 0.1) is 0 Å². The largest absolute Gasteiger partial charge is 0.337 e. The molecular formula is C13H20N4O3. The topological polar surface area (TPSA) is 98.1 Å². The highest BCUT2D eigenvalue weighted by Gasteiger charge is 2.21. The fourth-order valence-corrected chi connectivity index (χ4v) is 2.49. The number of rotatable bonds is 4. The molecule has 0 atom stereocenters. The number of hydrogen-bond acceptors (Lipinski definition) is 4. The van der Waals surface area contributed by atoms with E-state index < -0.39 is 11.2 Å². The molecule has 2 rings (SSSR count). The van der Waals surface area contributed by atoms with Crippen LogP contribution < -0.4 is 16.6 Å². The Morgan fingerprint density at radius 1 is 1.30 bits per heavy atom. The first-order chi connectivity index (χ1) is 9.60. The predicted molar refractivity (Wildman–Crippen MR) is 74.9 cm³/mol. The lowest BCUT2D eigenvalue weighted by atomic mass is 9.97. The van der Waals surface area contributed by atoms with E-state index in [0.717, 1.165) is 32.0 Å². The Hall–Kier alpha value is -1.89. The molecule has 0 bridgehead atoms. The van der Waals surface area contributed by atoms with Crippen molar-refractivity contribution in [3.05, 3.63) is 32.6 Å². The Labute approximate surface area is 116 Å². The second-order valence-electron chi connectivity index (χ2n) is 5.04. The van der Waals surface area contributed by atoms with E-state index in [1.54, 1.807) is 4.90 Å². The average molecular weight is 280 g/mol. The van der Waals surface area contributed by atoms with Crippen molar-refractivity contribution in [2.75, 3.05) is 26.2 Å². The van der Waals surface area contributed by atoms with Gasteiger partial charge >= 0.3 is 5.69 Å². The molecule has 0 saturated carbocycles. The first kappa shape index (κ1) is 14.5. The molecule has 1 aromatic heterocycles. The van der Waals surface area contributed by atoms with Crippen LogP contribution >= 0.6 is 0 Å². The Kier molecular flexibility index (Phi) is 4.73. The molecule has 110 valence electrons. The molecule has 20 heavy (non-hydrogen) atoms. The maximum atomic E-state index is 12.3. The van der Waals surface area contributed by atoms with Crippen LogP contribution in [0.5, 0.6) is 0 Å². The summed E-state index contributed by atoms with van der Waals surface area (Å²) in [6.45, 7) is 5.05. The van der Waals surface area contributed by atoms with Gasteiger partial charge in [0, 0.05) is 19.2 Å². The summed E-state index contributed by atoms with van der Waals surface area (Å²) in [5.74, 6) is 0.170. The first-order valence-electron chi connectivity index (χ1n) is 6.93. The normalized spacial score (nSPS) is 16.1. The van der Waals surface area contributed by atoms with Crippen molar-refractivity contribution in [2.24, 2.45) is 5.92 Å². The Morgan fingerprint density at radius 2 is 2.00 bits per heavy atom. The van der Waals surface area contributed by atoms with Crippen LogP contribution in [0.2, 0.25) is 0 Å². The number of carbonyl (C=O) groups is 1. The number of carbonyl (C=O) groups excluding carboxylic acids is 1. The molecule has 0 spiro atoms. The van der Waals surface area contributed by atoms with Gasteiger partial charge in [-0.2, -0.15) is 0 Å². The molecule has 3 N–H and O–H groups in total. The summed E-state index contributed by atoms with van der Waals surface area (Å²) in [5.41, 5.74) is -1.16. The lowest BCUT2D eigenvalue weighted by molar-refractivity contribution is 0.0720. The van der Waals surface area contributed by atoms with E-state index in [4.69, 9.17) is 0 Å². The number of nitrogens with one attached hydrogen (secondary N) is 3. The maximum Gasteiger partial charge on any atom is 0.326 e. The zero-order valence-corrected chi connectivity index (χ0v) is 11.6. The van der Waals surface area contributed by atoms with Crippen LogP contribution in [0.15, 0.2) is 15.7 Å². The summed E-state index contributed by atoms with van der Waals surface area (Å²) in [4.78, 5) is 41.0. The molecule has 1 aliphatic heterocycles. The van der Waals surface area contributed by atoms with Crippen molar-refractivity contribution in [2.45, 2.75) is 19.8 Å². The zero-order chi connectivity index (χ0) is 14.5. The van der Waals surface area contributed by atoms with Crippen LogP contribution in [0.3, 0.4) is 0 Å². The molecule has 0 unspecified atom stereocenters. The van der Waals surface area contributed by atoms with Crippen LogP contribution in [0.25, 0.3) is 0 Å². The van der Waals surface area contributed by atoms with Gasteiger partial charge < -0.3 is 15.2 Å². The van der Waals surface area contributed by atoms with E-state index in [1.165, 1.54) is 0 Å². The van der Waals surface area contributed by atoms with Crippen LogP contribution in [-0.2, 0) is 0 Å². The minimum Gasteiger partial charge on any atom is -0.337 e. The van der Waals surface area contributed by atoms with Crippen molar-refractivity contribution < 1.29 is 4.79 Å². The minimum atomic E-state index is -0.654. The number of amides is 1. The summed E-state index contributed by atoms with van der Waals surface area (Å²) in [6, 6.07) is 1.13. The Balaban J connectivity index is 2.11. The molecule has 0 aromatic carbocycles. The van der Waals surface area contributed by atoms with Crippen molar-refractivity contribution in [3.63, 3.8) is 0 Å². The minimum absolute atomic E-state index is 0.0505. The highest BCUT2D eigenvalue weighted by Crippen LogP contribution is 2.14. The van der Waals surface area contributed by atoms with Gasteiger partial charge in [-0.15, -0.1) is 0 Å². The van der Waals surface area contributed by atoms with E-state index in [-0.39, 0.29) is 11.6 Å². The van der Waals surface area contributed by atoms with Crippen LogP contribution in [-0.4, -0.2) is 47.0 Å². The summed E-state index contributed by atoms with van der Waals surface area (Å²) in [7, 11) is 0. The number of aromatic amines is 2. The quantitative estimate of drug-likeness (QED) is 0.694. The van der Waals surface area contributed by atoms with Gasteiger partial charge in [0.15, 0.2) is 0 Å². The van der Waals surface area contributed by atoms with Gasteiger partial charge in [-0.25, -0.2) is 4.79 Å². The third-order valence-electron chi connectivity index (χ3n) is 3.60. The molecule has 1 aromatic rings. The van der Waals surface area contributed by atoms with Crippen LogP contribution in [0.4, 0.5) is 0 Å². The van der Waals surface area contributed by atoms with Crippen molar-refractivity contribution in [1.29, 1.82) is 0 Å². The second-order valence-corrected chi connectivity index (χ2v) is 5.04. The highest BCUT2D eigenvalue weighted by molar-refractivity contribution is 5.92. The van der Waals surface area contributed by atoms with Crippen LogP contribution in [0, 0.1) is 5.92 Å². The number of nitrogens with zero attached hydrogens (tertiary/aromatic N) is 1. The monoisotopic (exact) mass is 280 g/mol. The van der Waals surface area contributed by atoms with E-state index in [2.05, 4.69) is 15.3 Å². The molecule has 1 fully saturated rings. The fourth-order valence-electron chi connectivity index (χ4n) is 2.49. The van der Waals surface area contributed by atoms with Crippen molar-refractivity contribution in [3.8, 4) is 0 Å². The van der Waals surface area contributed by atoms with E-state index >= 15 is 0 Å². The van der Waals surface area contributed by atoms with Crippen LogP contribution in [0.1, 0.15) is 30.3 Å². The summed E-state index contributed by atoms with van der Waals surface area (Å²) in [5, 5.41) is 3.29. The molecule has 1 aliphatic rings. The summed E-state index contributed by atoms with van der Waals surface area (Å²) < 4.78 is 0. The van der Waals surface area contributed by atoms with Gasteiger partial charge in [-0.3, -0.25) is 14.6 Å². The fraction of sp³-hybridized carbons (Fsp3) is 0.615. The van der Waals surface area contributed by atoms with Crippen molar-refractivity contribution in [1.82, 2.24) is 20.2 Å². The lowest BCUT2D eigenvalue weighted by Gasteiger charge is -2.29. The van der Waals surface area contributed by atoms with Gasteiger partial charge in [0.25, 0.3) is 11.5 Å². The zero-order valence-electron chi connectivity index (χ0n) is 11.6. The molecule has 1 saturated heterocycles.